The molecular weight excluding hydrogens is 326 g/mol. The van der Waals surface area contributed by atoms with E-state index in [-0.39, 0.29) is 11.3 Å². The molecule has 0 spiro atoms. The summed E-state index contributed by atoms with van der Waals surface area (Å²) in [4.78, 5) is 21.4. The van der Waals surface area contributed by atoms with E-state index in [1.807, 2.05) is 45.0 Å². The SMILES string of the molecule is CC(C)(C)OC(=O)N1CCC[C@H]([S@](=O)c2nc3ccccc3[nH]2)C1. The molecule has 1 amide bonds. The predicted octanol–water partition coefficient (Wildman–Crippen LogP) is 3.07. The molecule has 0 unspecified atom stereocenters. The molecule has 0 aliphatic carbocycles. The minimum Gasteiger partial charge on any atom is -0.444 e. The number of carbonyl (C=O) groups is 1. The summed E-state index contributed by atoms with van der Waals surface area (Å²) in [5.41, 5.74) is 1.16. The zero-order valence-electron chi connectivity index (χ0n) is 14.2. The molecule has 2 aromatic rings. The number of piperidine rings is 1. The number of nitrogens with zero attached hydrogens (tertiary/aromatic N) is 2. The maximum absolute atomic E-state index is 12.9. The van der Waals surface area contributed by atoms with Gasteiger partial charge in [0.1, 0.15) is 5.60 Å². The van der Waals surface area contributed by atoms with Crippen LogP contribution >= 0.6 is 0 Å². The Morgan fingerprint density at radius 3 is 2.83 bits per heavy atom. The van der Waals surface area contributed by atoms with Crippen LogP contribution in [0.5, 0.6) is 0 Å². The maximum Gasteiger partial charge on any atom is 0.410 e. The van der Waals surface area contributed by atoms with E-state index >= 15 is 0 Å². The van der Waals surface area contributed by atoms with Gasteiger partial charge in [0, 0.05) is 13.1 Å². The van der Waals surface area contributed by atoms with Crippen molar-refractivity contribution >= 4 is 27.9 Å². The lowest BCUT2D eigenvalue weighted by molar-refractivity contribution is 0.0219. The number of ether oxygens (including phenoxy) is 1. The van der Waals surface area contributed by atoms with E-state index < -0.39 is 16.4 Å². The van der Waals surface area contributed by atoms with Crippen LogP contribution in [-0.2, 0) is 15.5 Å². The Balaban J connectivity index is 1.72. The van der Waals surface area contributed by atoms with E-state index in [1.54, 1.807) is 4.90 Å². The number of H-pyrrole nitrogens is 1. The Kier molecular flexibility index (Phi) is 4.62. The fraction of sp³-hybridized carbons (Fsp3) is 0.529. The molecule has 1 N–H and O–H groups in total. The van der Waals surface area contributed by atoms with Crippen molar-refractivity contribution in [1.29, 1.82) is 0 Å². The second kappa shape index (κ2) is 6.55. The zero-order chi connectivity index (χ0) is 17.3. The average molecular weight is 349 g/mol. The van der Waals surface area contributed by atoms with Crippen molar-refractivity contribution in [3.63, 3.8) is 0 Å². The third kappa shape index (κ3) is 3.77. The second-order valence-corrected chi connectivity index (χ2v) is 8.70. The number of fused-ring (bicyclic) bond motifs is 1. The number of imidazole rings is 1. The summed E-state index contributed by atoms with van der Waals surface area (Å²) in [7, 11) is -1.28. The molecule has 1 fully saturated rings. The van der Waals surface area contributed by atoms with Crippen LogP contribution in [0.25, 0.3) is 11.0 Å². The van der Waals surface area contributed by atoms with E-state index in [1.165, 1.54) is 0 Å². The number of amides is 1. The maximum atomic E-state index is 12.9. The van der Waals surface area contributed by atoms with Crippen molar-refractivity contribution in [2.75, 3.05) is 13.1 Å². The van der Waals surface area contributed by atoms with Gasteiger partial charge in [-0.15, -0.1) is 0 Å². The van der Waals surface area contributed by atoms with Crippen molar-refractivity contribution in [3.05, 3.63) is 24.3 Å². The summed E-state index contributed by atoms with van der Waals surface area (Å²) >= 11 is 0. The lowest BCUT2D eigenvalue weighted by Crippen LogP contribution is -2.46. The molecule has 2 atom stereocenters. The van der Waals surface area contributed by atoms with E-state index in [0.29, 0.717) is 18.2 Å². The number of aromatic nitrogens is 2. The molecule has 1 saturated heterocycles. The standard InChI is InChI=1S/C17H23N3O3S/c1-17(2,3)23-16(21)20-10-6-7-12(11-20)24(22)15-18-13-8-4-5-9-14(13)19-15/h4-5,8-9,12H,6-7,10-11H2,1-3H3,(H,18,19)/t12-,24-/m0/s1. The normalized spacial score (nSPS) is 20.1. The fourth-order valence-electron chi connectivity index (χ4n) is 2.79. The summed E-state index contributed by atoms with van der Waals surface area (Å²) in [6, 6.07) is 7.62. The van der Waals surface area contributed by atoms with Crippen LogP contribution in [0.1, 0.15) is 33.6 Å². The first-order valence-corrected chi connectivity index (χ1v) is 9.38. The Morgan fingerprint density at radius 2 is 2.12 bits per heavy atom. The minimum atomic E-state index is -1.28. The molecule has 0 bridgehead atoms. The van der Waals surface area contributed by atoms with Gasteiger partial charge in [-0.3, -0.25) is 4.21 Å². The zero-order valence-corrected chi connectivity index (χ0v) is 15.1. The average Bonchev–Trinajstić information content (AvgIpc) is 2.96. The topological polar surface area (TPSA) is 75.3 Å². The Bertz CT molecular complexity index is 733. The van der Waals surface area contributed by atoms with E-state index in [0.717, 1.165) is 23.9 Å². The Labute approximate surface area is 144 Å². The van der Waals surface area contributed by atoms with E-state index in [2.05, 4.69) is 9.97 Å². The first-order valence-electron chi connectivity index (χ1n) is 8.17. The van der Waals surface area contributed by atoms with Gasteiger partial charge in [0.25, 0.3) is 0 Å². The molecular formula is C17H23N3O3S. The number of aromatic amines is 1. The van der Waals surface area contributed by atoms with Crippen LogP contribution in [0.3, 0.4) is 0 Å². The summed E-state index contributed by atoms with van der Waals surface area (Å²) in [6.45, 7) is 6.61. The van der Waals surface area contributed by atoms with Crippen LogP contribution in [-0.4, -0.2) is 49.1 Å². The smallest absolute Gasteiger partial charge is 0.410 e. The lowest BCUT2D eigenvalue weighted by atomic mass is 10.1. The second-order valence-electron chi connectivity index (χ2n) is 7.05. The molecule has 24 heavy (non-hydrogen) atoms. The highest BCUT2D eigenvalue weighted by Gasteiger charge is 2.31. The van der Waals surface area contributed by atoms with Gasteiger partial charge < -0.3 is 14.6 Å². The first-order chi connectivity index (χ1) is 11.3. The number of benzene rings is 1. The van der Waals surface area contributed by atoms with Crippen molar-refractivity contribution in [2.24, 2.45) is 0 Å². The molecule has 2 heterocycles. The number of rotatable bonds is 2. The highest BCUT2D eigenvalue weighted by atomic mass is 32.2. The number of nitrogens with one attached hydrogen (secondary N) is 1. The highest BCUT2D eigenvalue weighted by Crippen LogP contribution is 2.22. The van der Waals surface area contributed by atoms with Gasteiger partial charge in [-0.1, -0.05) is 12.1 Å². The van der Waals surface area contributed by atoms with Gasteiger partial charge in [0.2, 0.25) is 0 Å². The molecule has 1 aliphatic heterocycles. The number of carbonyl (C=O) groups excluding carboxylic acids is 1. The van der Waals surface area contributed by atoms with Crippen LogP contribution in [0, 0.1) is 0 Å². The molecule has 7 heteroatoms. The van der Waals surface area contributed by atoms with Gasteiger partial charge in [-0.05, 0) is 45.7 Å². The summed E-state index contributed by atoms with van der Waals surface area (Å²) in [5, 5.41) is 0.346. The molecule has 1 aliphatic rings. The number of hydrogen-bond acceptors (Lipinski definition) is 4. The number of para-hydroxylation sites is 2. The van der Waals surface area contributed by atoms with E-state index in [4.69, 9.17) is 4.74 Å². The molecule has 6 nitrogen and oxygen atoms in total. The first kappa shape index (κ1) is 17.0. The Hall–Kier alpha value is -1.89. The monoisotopic (exact) mass is 349 g/mol. The highest BCUT2D eigenvalue weighted by molar-refractivity contribution is 7.85. The third-order valence-corrected chi connectivity index (χ3v) is 5.46. The van der Waals surface area contributed by atoms with E-state index in [9.17, 15) is 9.00 Å². The van der Waals surface area contributed by atoms with Crippen molar-refractivity contribution in [1.82, 2.24) is 14.9 Å². The molecule has 1 aromatic heterocycles. The van der Waals surface area contributed by atoms with Crippen molar-refractivity contribution < 1.29 is 13.7 Å². The molecule has 0 saturated carbocycles. The fourth-order valence-corrected chi connectivity index (χ4v) is 4.20. The van der Waals surface area contributed by atoms with Gasteiger partial charge in [0.15, 0.2) is 5.16 Å². The van der Waals surface area contributed by atoms with Crippen LogP contribution in [0.2, 0.25) is 0 Å². The Morgan fingerprint density at radius 1 is 1.38 bits per heavy atom. The largest absolute Gasteiger partial charge is 0.444 e. The van der Waals surface area contributed by atoms with Crippen molar-refractivity contribution in [2.45, 2.75) is 49.6 Å². The predicted molar refractivity (Wildman–Crippen MR) is 93.3 cm³/mol. The van der Waals surface area contributed by atoms with Crippen LogP contribution in [0.4, 0.5) is 4.79 Å². The lowest BCUT2D eigenvalue weighted by Gasteiger charge is -2.33. The third-order valence-electron chi connectivity index (χ3n) is 3.89. The minimum absolute atomic E-state index is 0.133. The van der Waals surface area contributed by atoms with Crippen LogP contribution < -0.4 is 0 Å². The van der Waals surface area contributed by atoms with Gasteiger partial charge >= 0.3 is 6.09 Å². The molecule has 130 valence electrons. The van der Waals surface area contributed by atoms with Gasteiger partial charge in [0.05, 0.1) is 27.1 Å². The van der Waals surface area contributed by atoms with Crippen LogP contribution in [0.15, 0.2) is 29.4 Å². The summed E-state index contributed by atoms with van der Waals surface area (Å²) in [5.74, 6) is 0. The number of likely N-dealkylation sites (tertiary alicyclic amines) is 1. The molecule has 0 radical (unpaired) electrons. The summed E-state index contributed by atoms with van der Waals surface area (Å²) < 4.78 is 18.3. The van der Waals surface area contributed by atoms with Crippen molar-refractivity contribution in [3.8, 4) is 0 Å². The molecule has 3 rings (SSSR count). The van der Waals surface area contributed by atoms with Gasteiger partial charge in [-0.2, -0.15) is 0 Å². The quantitative estimate of drug-likeness (QED) is 0.904. The number of hydrogen-bond donors (Lipinski definition) is 1. The summed E-state index contributed by atoms with van der Waals surface area (Å²) in [6.07, 6.45) is 1.28. The molecule has 1 aromatic carbocycles. The van der Waals surface area contributed by atoms with Gasteiger partial charge in [-0.25, -0.2) is 9.78 Å².